The summed E-state index contributed by atoms with van der Waals surface area (Å²) in [5.41, 5.74) is 0.334. The number of hydrogen-bond acceptors (Lipinski definition) is 6. The molecule has 0 spiro atoms. The molecule has 0 unspecified atom stereocenters. The summed E-state index contributed by atoms with van der Waals surface area (Å²) in [5.74, 6) is 0.0924. The second-order valence-electron chi connectivity index (χ2n) is 7.23. The van der Waals surface area contributed by atoms with Crippen molar-refractivity contribution >= 4 is 11.9 Å². The number of aliphatic carboxylic acids is 1. The SMILES string of the molecule is COCC[C@]1(C(=O)O)CCCN(Cc2cnc(N3CCCC3)nc2)C1. The molecule has 1 atom stereocenters. The Balaban J connectivity index is 1.62. The molecule has 3 heterocycles. The Morgan fingerprint density at radius 1 is 1.24 bits per heavy atom. The Bertz CT molecular complexity index is 574. The predicted molar refractivity (Wildman–Crippen MR) is 94.6 cm³/mol. The Labute approximate surface area is 149 Å². The van der Waals surface area contributed by atoms with Gasteiger partial charge in [-0.3, -0.25) is 9.69 Å². The van der Waals surface area contributed by atoms with Crippen LogP contribution in [-0.4, -0.2) is 65.8 Å². The third kappa shape index (κ3) is 4.27. The van der Waals surface area contributed by atoms with E-state index in [1.54, 1.807) is 7.11 Å². The summed E-state index contributed by atoms with van der Waals surface area (Å²) in [6.45, 7) is 4.71. The summed E-state index contributed by atoms with van der Waals surface area (Å²) in [5, 5.41) is 9.74. The first kappa shape index (κ1) is 18.1. The third-order valence-corrected chi connectivity index (χ3v) is 5.38. The summed E-state index contributed by atoms with van der Waals surface area (Å²) in [7, 11) is 1.62. The number of anilines is 1. The number of hydrogen-bond donors (Lipinski definition) is 1. The molecular weight excluding hydrogens is 320 g/mol. The highest BCUT2D eigenvalue weighted by atomic mass is 16.5. The number of nitrogens with zero attached hydrogens (tertiary/aromatic N) is 4. The smallest absolute Gasteiger partial charge is 0.311 e. The van der Waals surface area contributed by atoms with Crippen molar-refractivity contribution in [3.8, 4) is 0 Å². The first-order valence-electron chi connectivity index (χ1n) is 9.13. The van der Waals surface area contributed by atoms with Crippen LogP contribution in [0.5, 0.6) is 0 Å². The molecular formula is C18H28N4O3. The van der Waals surface area contributed by atoms with Gasteiger partial charge in [-0.2, -0.15) is 0 Å². The quantitative estimate of drug-likeness (QED) is 0.804. The van der Waals surface area contributed by atoms with Crippen LogP contribution in [0.1, 0.15) is 37.7 Å². The highest BCUT2D eigenvalue weighted by molar-refractivity contribution is 5.75. The van der Waals surface area contributed by atoms with Crippen LogP contribution in [0.25, 0.3) is 0 Å². The molecule has 25 heavy (non-hydrogen) atoms. The zero-order valence-corrected chi connectivity index (χ0v) is 15.0. The fourth-order valence-corrected chi connectivity index (χ4v) is 3.91. The maximum absolute atomic E-state index is 11.9. The normalized spacial score (nSPS) is 24.6. The standard InChI is InChI=1S/C18H28N4O3/c1-25-10-6-18(16(23)24)5-4-7-21(14-18)13-15-11-19-17(20-12-15)22-8-2-3-9-22/h11-12H,2-10,13-14H2,1H3,(H,23,24)/t18-/m1/s1. The van der Waals surface area contributed by atoms with Crippen LogP contribution in [0.15, 0.2) is 12.4 Å². The first-order valence-corrected chi connectivity index (χ1v) is 9.13. The summed E-state index contributed by atoms with van der Waals surface area (Å²) in [6.07, 6.45) is 8.34. The van der Waals surface area contributed by atoms with Gasteiger partial charge in [0.1, 0.15) is 0 Å². The molecule has 0 saturated carbocycles. The summed E-state index contributed by atoms with van der Waals surface area (Å²) < 4.78 is 5.13. The molecule has 1 N–H and O–H groups in total. The van der Waals surface area contributed by atoms with E-state index in [1.165, 1.54) is 12.8 Å². The van der Waals surface area contributed by atoms with E-state index >= 15 is 0 Å². The van der Waals surface area contributed by atoms with Gasteiger partial charge in [0.25, 0.3) is 0 Å². The van der Waals surface area contributed by atoms with Crippen LogP contribution < -0.4 is 4.90 Å². The van der Waals surface area contributed by atoms with Gasteiger partial charge >= 0.3 is 5.97 Å². The maximum atomic E-state index is 11.9. The fraction of sp³-hybridized carbons (Fsp3) is 0.722. The van der Waals surface area contributed by atoms with E-state index in [9.17, 15) is 9.90 Å². The molecule has 0 amide bonds. The molecule has 7 heteroatoms. The second kappa shape index (κ2) is 8.10. The summed E-state index contributed by atoms with van der Waals surface area (Å²) >= 11 is 0. The number of aromatic nitrogens is 2. The second-order valence-corrected chi connectivity index (χ2v) is 7.23. The molecule has 0 bridgehead atoms. The zero-order valence-electron chi connectivity index (χ0n) is 15.0. The number of piperidine rings is 1. The van der Waals surface area contributed by atoms with E-state index in [1.807, 2.05) is 12.4 Å². The number of carbonyl (C=O) groups is 1. The Hall–Kier alpha value is -1.73. The molecule has 0 aromatic carbocycles. The van der Waals surface area contributed by atoms with Crippen LogP contribution in [0.2, 0.25) is 0 Å². The van der Waals surface area contributed by atoms with Crippen molar-refractivity contribution < 1.29 is 14.6 Å². The number of rotatable bonds is 7. The van der Waals surface area contributed by atoms with Crippen LogP contribution in [0.3, 0.4) is 0 Å². The van der Waals surface area contributed by atoms with Gasteiger partial charge in [0.15, 0.2) is 0 Å². The van der Waals surface area contributed by atoms with Crippen molar-refractivity contribution in [1.29, 1.82) is 0 Å². The van der Waals surface area contributed by atoms with Gasteiger partial charge in [-0.15, -0.1) is 0 Å². The zero-order chi connectivity index (χ0) is 17.7. The molecule has 7 nitrogen and oxygen atoms in total. The van der Waals surface area contributed by atoms with Crippen LogP contribution in [0, 0.1) is 5.41 Å². The number of ether oxygens (including phenoxy) is 1. The van der Waals surface area contributed by atoms with Crippen molar-refractivity contribution in [2.45, 2.75) is 38.6 Å². The van der Waals surface area contributed by atoms with Gasteiger partial charge in [-0.05, 0) is 38.6 Å². The van der Waals surface area contributed by atoms with E-state index in [2.05, 4.69) is 19.8 Å². The number of carboxylic acid groups (broad SMARTS) is 1. The van der Waals surface area contributed by atoms with Crippen LogP contribution >= 0.6 is 0 Å². The van der Waals surface area contributed by atoms with Gasteiger partial charge in [0.2, 0.25) is 5.95 Å². The van der Waals surface area contributed by atoms with Crippen molar-refractivity contribution in [3.05, 3.63) is 18.0 Å². The van der Waals surface area contributed by atoms with Gasteiger partial charge in [-0.25, -0.2) is 9.97 Å². The van der Waals surface area contributed by atoms with Gasteiger partial charge in [0.05, 0.1) is 5.41 Å². The molecule has 2 aliphatic rings. The molecule has 3 rings (SSSR count). The Morgan fingerprint density at radius 2 is 1.96 bits per heavy atom. The maximum Gasteiger partial charge on any atom is 0.311 e. The minimum atomic E-state index is -0.713. The van der Waals surface area contributed by atoms with Gasteiger partial charge in [0, 0.05) is 57.9 Å². The number of methoxy groups -OCH3 is 1. The number of likely N-dealkylation sites (tertiary alicyclic amines) is 1. The highest BCUT2D eigenvalue weighted by Gasteiger charge is 2.41. The highest BCUT2D eigenvalue weighted by Crippen LogP contribution is 2.34. The van der Waals surface area contributed by atoms with Crippen molar-refractivity contribution in [2.24, 2.45) is 5.41 Å². The molecule has 2 aliphatic heterocycles. The molecule has 0 radical (unpaired) electrons. The predicted octanol–water partition coefficient (Wildman–Crippen LogP) is 1.78. The van der Waals surface area contributed by atoms with E-state index in [4.69, 9.17) is 4.74 Å². The summed E-state index contributed by atoms with van der Waals surface area (Å²) in [6, 6.07) is 0. The molecule has 1 aromatic heterocycles. The third-order valence-electron chi connectivity index (χ3n) is 5.38. The lowest BCUT2D eigenvalue weighted by Gasteiger charge is -2.39. The lowest BCUT2D eigenvalue weighted by molar-refractivity contribution is -0.154. The molecule has 2 fully saturated rings. The van der Waals surface area contributed by atoms with Crippen LogP contribution in [0.4, 0.5) is 5.95 Å². The Morgan fingerprint density at radius 3 is 2.60 bits per heavy atom. The first-order chi connectivity index (χ1) is 12.1. The largest absolute Gasteiger partial charge is 0.481 e. The molecule has 138 valence electrons. The minimum absolute atomic E-state index is 0.480. The van der Waals surface area contributed by atoms with Crippen molar-refractivity contribution in [2.75, 3.05) is 44.8 Å². The van der Waals surface area contributed by atoms with Gasteiger partial charge < -0.3 is 14.7 Å². The molecule has 2 saturated heterocycles. The topological polar surface area (TPSA) is 78.8 Å². The average molecular weight is 348 g/mol. The lowest BCUT2D eigenvalue weighted by atomic mass is 9.77. The van der Waals surface area contributed by atoms with E-state index < -0.39 is 11.4 Å². The van der Waals surface area contributed by atoms with E-state index in [-0.39, 0.29) is 0 Å². The van der Waals surface area contributed by atoms with Crippen molar-refractivity contribution in [1.82, 2.24) is 14.9 Å². The van der Waals surface area contributed by atoms with E-state index in [0.29, 0.717) is 32.5 Å². The average Bonchev–Trinajstić information content (AvgIpc) is 3.15. The summed E-state index contributed by atoms with van der Waals surface area (Å²) in [4.78, 5) is 25.3. The Kier molecular flexibility index (Phi) is 5.86. The monoisotopic (exact) mass is 348 g/mol. The number of carboxylic acids is 1. The lowest BCUT2D eigenvalue weighted by Crippen LogP contribution is -2.48. The minimum Gasteiger partial charge on any atom is -0.481 e. The van der Waals surface area contributed by atoms with Crippen molar-refractivity contribution in [3.63, 3.8) is 0 Å². The van der Waals surface area contributed by atoms with Crippen LogP contribution in [-0.2, 0) is 16.1 Å². The molecule has 1 aromatic rings. The van der Waals surface area contributed by atoms with Gasteiger partial charge in [-0.1, -0.05) is 0 Å². The molecule has 0 aliphatic carbocycles. The van der Waals surface area contributed by atoms with E-state index in [0.717, 1.165) is 37.6 Å². The fourth-order valence-electron chi connectivity index (χ4n) is 3.91.